The summed E-state index contributed by atoms with van der Waals surface area (Å²) in [4.78, 5) is 41.0. The average molecular weight is 2630 g/mol. The molecule has 0 bridgehead atoms. The summed E-state index contributed by atoms with van der Waals surface area (Å²) in [5, 5.41) is 52.2. The van der Waals surface area contributed by atoms with Gasteiger partial charge in [-0.1, -0.05) is 355 Å². The van der Waals surface area contributed by atoms with Gasteiger partial charge in [-0.25, -0.2) is 9.97 Å². The van der Waals surface area contributed by atoms with E-state index in [9.17, 15) is 0 Å². The second-order valence-electron chi connectivity index (χ2n) is 37.1. The molecule has 19 rings (SSSR count). The summed E-state index contributed by atoms with van der Waals surface area (Å²) in [5.74, 6) is 6.14. The zero-order chi connectivity index (χ0) is 99.8. The third-order valence-electron chi connectivity index (χ3n) is 22.9. The molecule has 0 aliphatic carbocycles. The first-order valence-electron chi connectivity index (χ1n) is 45.7. The minimum atomic E-state index is -2.76. The average Bonchev–Trinajstić information content (AvgIpc) is 0.750. The van der Waals surface area contributed by atoms with E-state index in [0.717, 1.165) is 141 Å². The number of rotatable bonds is 17. The van der Waals surface area contributed by atoms with Crippen LogP contribution in [-0.4, -0.2) is 68.3 Å². The molecule has 0 aliphatic rings. The summed E-state index contributed by atoms with van der Waals surface area (Å²) in [6.07, 6.45) is 20.7. The summed E-state index contributed by atoms with van der Waals surface area (Å²) >= 11 is 0. The van der Waals surface area contributed by atoms with E-state index in [0.29, 0.717) is 0 Å². The number of para-hydroxylation sites is 1. The first-order valence-corrected chi connectivity index (χ1v) is 47.7. The van der Waals surface area contributed by atoms with Crippen molar-refractivity contribution in [3.8, 4) is 57.4 Å². The molecule has 144 heavy (non-hydrogen) atoms. The molecule has 728 valence electrons. The third-order valence-corrected chi connectivity index (χ3v) is 27.4. The number of pyridine rings is 8. The Bertz CT molecular complexity index is 6680. The van der Waals surface area contributed by atoms with Crippen LogP contribution in [0.1, 0.15) is 165 Å². The topological polar surface area (TPSA) is 262 Å². The van der Waals surface area contributed by atoms with Crippen molar-refractivity contribution in [1.29, 1.82) is 10.5 Å². The van der Waals surface area contributed by atoms with Crippen molar-refractivity contribution in [2.75, 3.05) is 4.90 Å². The van der Waals surface area contributed by atoms with Gasteiger partial charge in [0.15, 0.2) is 0 Å². The summed E-state index contributed by atoms with van der Waals surface area (Å²) < 4.78 is 0. The van der Waals surface area contributed by atoms with Crippen molar-refractivity contribution in [1.82, 2.24) is 80.7 Å². The van der Waals surface area contributed by atoms with E-state index in [2.05, 4.69) is 311 Å². The van der Waals surface area contributed by atoms with Gasteiger partial charge in [-0.2, -0.15) is 0 Å². The van der Waals surface area contributed by atoms with Crippen LogP contribution in [0.25, 0.3) is 45.6 Å². The van der Waals surface area contributed by atoms with Gasteiger partial charge in [0.05, 0.1) is 28.5 Å². The van der Waals surface area contributed by atoms with Crippen LogP contribution >= 0.6 is 0 Å². The van der Waals surface area contributed by atoms with E-state index in [4.69, 9.17) is 66.4 Å². The van der Waals surface area contributed by atoms with Gasteiger partial charge in [-0.3, -0.25) is 46.6 Å². The van der Waals surface area contributed by atoms with Crippen molar-refractivity contribution in [3.63, 3.8) is 0 Å². The van der Waals surface area contributed by atoms with Gasteiger partial charge in [0.25, 0.3) is 0 Å². The number of hydrogen-bond donors (Lipinski definition) is 0. The molecule has 7 aromatic carbocycles. The van der Waals surface area contributed by atoms with E-state index >= 15 is 0 Å². The zero-order valence-electron chi connectivity index (χ0n) is 82.4. The largest absolute Gasteiger partial charge is 2.00 e. The Morgan fingerprint density at radius 1 is 0.264 bits per heavy atom. The van der Waals surface area contributed by atoms with Gasteiger partial charge in [0.1, 0.15) is 17.1 Å². The molecule has 0 unspecified atom stereocenters. The van der Waals surface area contributed by atoms with Crippen molar-refractivity contribution >= 4 is 46.4 Å². The summed E-state index contributed by atoms with van der Waals surface area (Å²) in [5.41, 5.74) is 17.8. The smallest absolute Gasteiger partial charge is 0.573 e. The first-order chi connectivity index (χ1) is 67.7. The second kappa shape index (κ2) is 54.1. The molecule has 0 radical (unpaired) electrons. The maximum atomic E-state index is 6.69. The Morgan fingerprint density at radius 2 is 0.562 bits per heavy atom. The number of aromatic nitrogens is 16. The predicted octanol–water partition coefficient (Wildman–Crippen LogP) is 22.2. The Kier molecular flexibility index (Phi) is 43.1. The second-order valence-corrected chi connectivity index (χ2v) is 40.8. The monoisotopic (exact) mass is 2620 g/mol. The maximum Gasteiger partial charge on any atom is 2.00 e. The molecule has 0 N–H and O–H groups in total. The van der Waals surface area contributed by atoms with Gasteiger partial charge < -0.3 is 77.3 Å². The summed E-state index contributed by atoms with van der Waals surface area (Å²) in [7, 11) is -2.76. The maximum absolute atomic E-state index is 6.69. The summed E-state index contributed by atoms with van der Waals surface area (Å²) in [6.45, 7) is 39.4. The number of benzene rings is 7. The molecule has 19 aromatic rings. The molecule has 0 fully saturated rings. The molecular weight excluding hydrogens is 2520 g/mol. The van der Waals surface area contributed by atoms with Crippen molar-refractivity contribution in [3.05, 3.63) is 501 Å². The van der Waals surface area contributed by atoms with E-state index < -0.39 is 13.5 Å². The van der Waals surface area contributed by atoms with Crippen LogP contribution in [0.15, 0.2) is 407 Å². The van der Waals surface area contributed by atoms with Crippen LogP contribution in [0.3, 0.4) is 0 Å². The molecule has 0 spiro atoms. The molecule has 12 aromatic heterocycles. The van der Waals surface area contributed by atoms with E-state index in [-0.39, 0.29) is 111 Å². The fraction of sp³-hybridized carbons (Fsp3) is 0.167. The Morgan fingerprint density at radius 3 is 0.917 bits per heavy atom. The van der Waals surface area contributed by atoms with Crippen LogP contribution < -0.4 is 46.3 Å². The Labute approximate surface area is 906 Å². The zero-order valence-corrected chi connectivity index (χ0v) is 92.5. The van der Waals surface area contributed by atoms with Crippen LogP contribution in [0.2, 0.25) is 0 Å². The molecule has 12 heterocycles. The quantitative estimate of drug-likeness (QED) is 0.0466. The number of hydrogen-bond acceptors (Lipinski definition) is 15. The minimum Gasteiger partial charge on any atom is -0.573 e. The van der Waals surface area contributed by atoms with Gasteiger partial charge in [-0.15, -0.1) is 35.4 Å². The van der Waals surface area contributed by atoms with E-state index in [1.54, 1.807) is 6.20 Å². The molecule has 0 saturated carbocycles. The first kappa shape index (κ1) is 115. The number of nitrogens with zero attached hydrogens (tertiary/aromatic N) is 19. The molecule has 19 nitrogen and oxygen atoms in total. The minimum absolute atomic E-state index is 0. The Hall–Kier alpha value is -14.5. The number of anilines is 3. The standard InChI is InChI=1S/C30H27N4.C29H27N4Si.C23H22N5.C20H23N4.2C8H5.2CN.4Pt/c1-29(2,3)28-21-25(33-34-28)24-17-12-19-27(32-24)30(22-13-6-4-7-14-22,23-15-8-5-9-16-23)26-18-10-11-20-31-26;1-29(2,3)26-21-25(32-33-26)24-17-12-19-28(31-24)34(22-13-6-4-7-14-22,23-15-8-5-9-16-23)27-18-10-11-20-30-27;1-23(2,3)20-16-19(26-27-20)18-12-9-14-22(25-18)28(17-10-5-4-6-11-17)21-13-7-8-15-24-21;1-19(2,3)18-13-15(23-24-18)14-9-8-11-17(22-14)20(4,5)16-10-6-7-12-21-16;2*1-2-8-6-4-3-5-7-8;2*1-2;;;;/h2*4-21H,1-3H3;4-16H,1-3H3;6-13H,1-5H3;2*3-7H;;;;;;/q8*-1;4*+2. The predicted molar refractivity (Wildman–Crippen MR) is 560 cm³/mol. The van der Waals surface area contributed by atoms with Crippen LogP contribution in [0, 0.1) is 48.4 Å². The normalized spacial score (nSPS) is 10.8. The molecule has 0 amide bonds. The van der Waals surface area contributed by atoms with Crippen LogP contribution in [-0.2, 0) is 117 Å². The van der Waals surface area contributed by atoms with Gasteiger partial charge >= 0.3 is 84.3 Å². The van der Waals surface area contributed by atoms with E-state index in [1.165, 1.54) is 10.4 Å². The van der Waals surface area contributed by atoms with Crippen molar-refractivity contribution < 1.29 is 84.3 Å². The molecular formula is C120H109N19Pt4Si. The Balaban J connectivity index is 0.000000219. The van der Waals surface area contributed by atoms with Gasteiger partial charge in [0.2, 0.25) is 8.07 Å². The van der Waals surface area contributed by atoms with Gasteiger partial charge in [0, 0.05) is 108 Å². The van der Waals surface area contributed by atoms with Crippen LogP contribution in [0.5, 0.6) is 0 Å². The fourth-order valence-electron chi connectivity index (χ4n) is 15.4. The molecule has 0 aliphatic heterocycles. The van der Waals surface area contributed by atoms with Crippen molar-refractivity contribution in [2.45, 2.75) is 129 Å². The molecule has 0 saturated heterocycles. The van der Waals surface area contributed by atoms with Crippen LogP contribution in [0.4, 0.5) is 17.3 Å². The fourth-order valence-corrected chi connectivity index (χ4v) is 19.8. The third kappa shape index (κ3) is 28.9. The summed E-state index contributed by atoms with van der Waals surface area (Å²) in [6, 6.07) is 128. The van der Waals surface area contributed by atoms with E-state index in [1.807, 2.05) is 254 Å². The molecule has 24 heteroatoms. The van der Waals surface area contributed by atoms with Gasteiger partial charge in [-0.05, 0) is 145 Å². The van der Waals surface area contributed by atoms with Crippen molar-refractivity contribution in [2.24, 2.45) is 0 Å². The SMILES string of the molecule is CC(C)(C)c1cc(-c2cccc(C(C)(C)c3ccccn3)n2)[n-]n1.CC(C)(C)c1cc(-c2cccc(C(c3ccccc3)(c3ccccc3)c3ccccn3)n2)[n-]n1.CC(C)(C)c1cc(-c2cccc(N(c3ccccc3)c3ccccn3)n2)[n-]n1.CC(C)(C)c1cc(-c2cccc([Si](c3ccccc3)(c3ccccc3)c3ccccn3)n2)[n-]n1.[C-]#Cc1ccccc1.[C-]#Cc1ccccc1.[C-]#N.[C-]#N.[Pt+2].[Pt+2].[Pt+2].[Pt+2]. The molecule has 0 atom stereocenters.